The number of pyridine rings is 2. The van der Waals surface area contributed by atoms with Crippen molar-refractivity contribution in [2.24, 2.45) is 0 Å². The second-order valence-corrected chi connectivity index (χ2v) is 10.0. The Morgan fingerprint density at radius 2 is 1.92 bits per heavy atom. The molecule has 1 atom stereocenters. The number of likely N-dealkylation sites (N-methyl/N-ethyl adjacent to an activating group) is 1. The van der Waals surface area contributed by atoms with Crippen LogP contribution in [0.25, 0.3) is 22.0 Å². The third kappa shape index (κ3) is 5.46. The lowest BCUT2D eigenvalue weighted by molar-refractivity contribution is 0.138. The third-order valence-electron chi connectivity index (χ3n) is 7.26. The van der Waals surface area contributed by atoms with Crippen LogP contribution in [-0.4, -0.2) is 58.2 Å². The molecular formula is C29H36N6O2. The highest BCUT2D eigenvalue weighted by atomic mass is 16.3. The molecule has 1 unspecified atom stereocenters. The number of nitrogens with zero attached hydrogens (tertiary/aromatic N) is 3. The number of aryl methyl sites for hydroxylation is 2. The van der Waals surface area contributed by atoms with E-state index in [4.69, 9.17) is 4.98 Å². The van der Waals surface area contributed by atoms with Crippen molar-refractivity contribution >= 4 is 16.7 Å². The van der Waals surface area contributed by atoms with Crippen LogP contribution < -0.4 is 15.8 Å². The lowest BCUT2D eigenvalue weighted by atomic mass is 10.00. The first-order chi connectivity index (χ1) is 17.9. The van der Waals surface area contributed by atoms with Gasteiger partial charge in [0.1, 0.15) is 12.0 Å². The molecule has 0 radical (unpaired) electrons. The molecule has 0 aliphatic carbocycles. The Labute approximate surface area is 217 Å². The third-order valence-corrected chi connectivity index (χ3v) is 7.26. The number of rotatable bonds is 8. The van der Waals surface area contributed by atoms with E-state index in [1.807, 2.05) is 37.5 Å². The van der Waals surface area contributed by atoms with Crippen molar-refractivity contribution in [1.29, 1.82) is 0 Å². The molecule has 5 rings (SSSR count). The molecule has 3 aromatic heterocycles. The fourth-order valence-corrected chi connectivity index (χ4v) is 5.15. The summed E-state index contributed by atoms with van der Waals surface area (Å²) in [5.74, 6) is 0.992. The average molecular weight is 501 g/mol. The number of hydrogen-bond acceptors (Lipinski definition) is 6. The second kappa shape index (κ2) is 10.9. The van der Waals surface area contributed by atoms with E-state index in [1.165, 1.54) is 0 Å². The van der Waals surface area contributed by atoms with Crippen LogP contribution in [0, 0.1) is 6.92 Å². The number of hydrogen-bond donors (Lipinski definition) is 4. The second-order valence-electron chi connectivity index (χ2n) is 10.0. The normalized spacial score (nSPS) is 15.4. The first kappa shape index (κ1) is 25.2. The minimum atomic E-state index is -0.939. The van der Waals surface area contributed by atoms with Gasteiger partial charge in [-0.25, -0.2) is 4.98 Å². The Kier molecular flexibility index (Phi) is 7.41. The van der Waals surface area contributed by atoms with Crippen molar-refractivity contribution in [3.63, 3.8) is 0 Å². The fourth-order valence-electron chi connectivity index (χ4n) is 5.15. The van der Waals surface area contributed by atoms with Gasteiger partial charge in [-0.15, -0.1) is 0 Å². The van der Waals surface area contributed by atoms with Gasteiger partial charge in [-0.3, -0.25) is 10.1 Å². The van der Waals surface area contributed by atoms with Crippen LogP contribution in [0.2, 0.25) is 0 Å². The number of aromatic nitrogens is 3. The summed E-state index contributed by atoms with van der Waals surface area (Å²) in [5.41, 5.74) is 6.12. The van der Waals surface area contributed by atoms with Crippen LogP contribution in [0.4, 0.5) is 5.82 Å². The molecule has 1 aliphatic heterocycles. The molecule has 1 fully saturated rings. The van der Waals surface area contributed by atoms with E-state index in [0.717, 1.165) is 83.7 Å². The first-order valence-electron chi connectivity index (χ1n) is 13.1. The van der Waals surface area contributed by atoms with Crippen molar-refractivity contribution in [2.75, 3.05) is 38.1 Å². The van der Waals surface area contributed by atoms with Crippen LogP contribution in [0.15, 0.2) is 53.6 Å². The number of aliphatic hydroxyl groups excluding tert-OH is 1. The highest BCUT2D eigenvalue weighted by molar-refractivity contribution is 5.88. The predicted octanol–water partition coefficient (Wildman–Crippen LogP) is 3.71. The van der Waals surface area contributed by atoms with Crippen molar-refractivity contribution in [3.8, 4) is 11.1 Å². The summed E-state index contributed by atoms with van der Waals surface area (Å²) in [6.45, 7) is 8.30. The van der Waals surface area contributed by atoms with Crippen molar-refractivity contribution in [2.45, 2.75) is 39.5 Å². The molecule has 1 aromatic carbocycles. The summed E-state index contributed by atoms with van der Waals surface area (Å²) in [5, 5.41) is 15.3. The molecule has 0 saturated carbocycles. The Morgan fingerprint density at radius 1 is 1.11 bits per heavy atom. The molecular weight excluding hydrogens is 464 g/mol. The van der Waals surface area contributed by atoms with Gasteiger partial charge >= 0.3 is 0 Å². The Balaban J connectivity index is 1.39. The summed E-state index contributed by atoms with van der Waals surface area (Å²) in [7, 11) is 2.15. The lowest BCUT2D eigenvalue weighted by Crippen LogP contribution is -2.44. The predicted molar refractivity (Wildman–Crippen MR) is 149 cm³/mol. The number of anilines is 1. The van der Waals surface area contributed by atoms with E-state index in [2.05, 4.69) is 57.3 Å². The van der Waals surface area contributed by atoms with Gasteiger partial charge in [0.05, 0.1) is 0 Å². The smallest absolute Gasteiger partial charge is 0.252 e. The summed E-state index contributed by atoms with van der Waals surface area (Å²) < 4.78 is 0. The number of aliphatic hydroxyl groups is 1. The van der Waals surface area contributed by atoms with Gasteiger partial charge in [-0.2, -0.15) is 0 Å². The molecule has 37 heavy (non-hydrogen) atoms. The SMILES string of the molecule is CCCc1cc(C)[nH]c(=O)c1CNC(O)c1cc(-c2ccc(N3CCN(C)CC3)nc2)cc2[nH]ccc12. The molecule has 194 valence electrons. The molecule has 0 bridgehead atoms. The number of piperazine rings is 1. The number of H-pyrrole nitrogens is 2. The van der Waals surface area contributed by atoms with Gasteiger partial charge in [0.15, 0.2) is 0 Å². The highest BCUT2D eigenvalue weighted by Crippen LogP contribution is 2.31. The summed E-state index contributed by atoms with van der Waals surface area (Å²) in [6.07, 6.45) is 4.62. The minimum absolute atomic E-state index is 0.102. The Hall–Kier alpha value is -3.46. The standard InChI is InChI=1S/C29H36N6O2/c1-4-5-20-14-19(2)33-29(37)25(20)18-32-28(36)24-15-22(16-26-23(24)8-9-30-26)21-6-7-27(31-17-21)35-12-10-34(3)11-13-35/h6-9,14-17,28,30,32,36H,4-5,10-13,18H2,1-3H3,(H,33,37). The highest BCUT2D eigenvalue weighted by Gasteiger charge is 2.18. The zero-order valence-electron chi connectivity index (χ0n) is 21.8. The summed E-state index contributed by atoms with van der Waals surface area (Å²) >= 11 is 0. The molecule has 4 heterocycles. The van der Waals surface area contributed by atoms with E-state index in [9.17, 15) is 9.90 Å². The van der Waals surface area contributed by atoms with Gasteiger partial charge in [-0.05, 0) is 67.9 Å². The maximum Gasteiger partial charge on any atom is 0.252 e. The zero-order chi connectivity index (χ0) is 25.9. The van der Waals surface area contributed by atoms with Crippen molar-refractivity contribution in [3.05, 3.63) is 81.5 Å². The number of benzene rings is 1. The van der Waals surface area contributed by atoms with Gasteiger partial charge in [0.25, 0.3) is 5.56 Å². The molecule has 4 N–H and O–H groups in total. The van der Waals surface area contributed by atoms with Crippen LogP contribution >= 0.6 is 0 Å². The summed E-state index contributed by atoms with van der Waals surface area (Å²) in [6, 6.07) is 12.3. The molecule has 1 saturated heterocycles. The number of aromatic amines is 2. The minimum Gasteiger partial charge on any atom is -0.374 e. The average Bonchev–Trinajstić information content (AvgIpc) is 3.37. The van der Waals surface area contributed by atoms with Crippen LogP contribution in [0.1, 0.15) is 42.0 Å². The van der Waals surface area contributed by atoms with E-state index >= 15 is 0 Å². The van der Waals surface area contributed by atoms with Gasteiger partial charge < -0.3 is 24.9 Å². The molecule has 0 amide bonds. The van der Waals surface area contributed by atoms with Crippen molar-refractivity contribution < 1.29 is 5.11 Å². The largest absolute Gasteiger partial charge is 0.374 e. The van der Waals surface area contributed by atoms with E-state index in [1.54, 1.807) is 0 Å². The van der Waals surface area contributed by atoms with E-state index in [-0.39, 0.29) is 12.1 Å². The van der Waals surface area contributed by atoms with Gasteiger partial charge in [-0.1, -0.05) is 13.3 Å². The molecule has 4 aromatic rings. The number of nitrogens with one attached hydrogen (secondary N) is 3. The Bertz CT molecular complexity index is 1420. The van der Waals surface area contributed by atoms with Gasteiger partial charge in [0.2, 0.25) is 0 Å². The topological polar surface area (TPSA) is 100 Å². The van der Waals surface area contributed by atoms with Crippen LogP contribution in [0.3, 0.4) is 0 Å². The Morgan fingerprint density at radius 3 is 2.65 bits per heavy atom. The maximum atomic E-state index is 12.7. The number of fused-ring (bicyclic) bond motifs is 1. The molecule has 8 nitrogen and oxygen atoms in total. The zero-order valence-corrected chi connectivity index (χ0v) is 21.8. The quantitative estimate of drug-likeness (QED) is 0.275. The summed E-state index contributed by atoms with van der Waals surface area (Å²) in [4.78, 5) is 28.2. The molecule has 1 aliphatic rings. The van der Waals surface area contributed by atoms with E-state index < -0.39 is 6.23 Å². The van der Waals surface area contributed by atoms with Gasteiger partial charge in [0, 0.05) is 78.4 Å². The van der Waals surface area contributed by atoms with Crippen molar-refractivity contribution in [1.82, 2.24) is 25.2 Å². The first-order valence-corrected chi connectivity index (χ1v) is 13.1. The van der Waals surface area contributed by atoms with E-state index in [0.29, 0.717) is 5.56 Å². The fraction of sp³-hybridized carbons (Fsp3) is 0.379. The maximum absolute atomic E-state index is 12.7. The van der Waals surface area contributed by atoms with Crippen LogP contribution in [0.5, 0.6) is 0 Å². The molecule has 0 spiro atoms. The lowest BCUT2D eigenvalue weighted by Gasteiger charge is -2.33. The monoisotopic (exact) mass is 500 g/mol. The van der Waals surface area contributed by atoms with Crippen LogP contribution in [-0.2, 0) is 13.0 Å². The molecule has 8 heteroatoms.